The normalized spacial score (nSPS) is 15.0. The van der Waals surface area contributed by atoms with Crippen molar-refractivity contribution in [1.82, 2.24) is 5.32 Å². The minimum Gasteiger partial charge on any atom is -0.383 e. The number of hydrogen-bond acceptors (Lipinski definition) is 3. The molecule has 1 N–H and O–H groups in total. The van der Waals surface area contributed by atoms with Gasteiger partial charge in [0, 0.05) is 24.2 Å². The predicted octanol–water partition coefficient (Wildman–Crippen LogP) is 3.51. The minimum absolute atomic E-state index is 0.0395. The number of nitrogens with one attached hydrogen (secondary N) is 1. The lowest BCUT2D eigenvalue weighted by Crippen LogP contribution is -2.25. The van der Waals surface area contributed by atoms with Gasteiger partial charge in [0.1, 0.15) is 5.71 Å². The van der Waals surface area contributed by atoms with Gasteiger partial charge in [0.05, 0.1) is 6.54 Å². The van der Waals surface area contributed by atoms with Crippen molar-refractivity contribution < 1.29 is 8.78 Å². The maximum atomic E-state index is 13.2. The number of aliphatic imine (C=N–C) groups is 2. The zero-order valence-corrected chi connectivity index (χ0v) is 12.5. The number of alkyl halides is 2. The molecule has 0 radical (unpaired) electrons. The fourth-order valence-corrected chi connectivity index (χ4v) is 1.99. The van der Waals surface area contributed by atoms with Crippen LogP contribution in [-0.4, -0.2) is 30.1 Å². The van der Waals surface area contributed by atoms with E-state index in [-0.39, 0.29) is 12.3 Å². The van der Waals surface area contributed by atoms with Crippen molar-refractivity contribution in [3.05, 3.63) is 42.0 Å². The van der Waals surface area contributed by atoms with E-state index in [1.165, 1.54) is 0 Å². The highest BCUT2D eigenvalue weighted by Crippen LogP contribution is 2.20. The molecule has 5 heteroatoms. The molecule has 2 rings (SSSR count). The van der Waals surface area contributed by atoms with E-state index in [0.717, 1.165) is 23.7 Å². The summed E-state index contributed by atoms with van der Waals surface area (Å²) in [5.74, 6) is -2.55. The highest BCUT2D eigenvalue weighted by atomic mass is 19.3. The van der Waals surface area contributed by atoms with Crippen LogP contribution in [0.15, 0.2) is 40.8 Å². The summed E-state index contributed by atoms with van der Waals surface area (Å²) in [5.41, 5.74) is 2.33. The fourth-order valence-electron chi connectivity index (χ4n) is 1.99. The molecule has 1 aromatic rings. The van der Waals surface area contributed by atoms with Gasteiger partial charge in [-0.15, -0.1) is 0 Å². The van der Waals surface area contributed by atoms with E-state index in [0.29, 0.717) is 11.9 Å². The van der Waals surface area contributed by atoms with Gasteiger partial charge in [-0.25, -0.2) is 13.8 Å². The molecule has 0 unspecified atom stereocenters. The van der Waals surface area contributed by atoms with Crippen LogP contribution in [0.1, 0.15) is 31.9 Å². The summed E-state index contributed by atoms with van der Waals surface area (Å²) in [4.78, 5) is 8.00. The second-order valence-electron chi connectivity index (χ2n) is 5.44. The molecule has 0 amide bonds. The molecule has 0 aliphatic carbocycles. The number of amidine groups is 1. The second kappa shape index (κ2) is 5.76. The molecular formula is C16H19F2N3. The average Bonchev–Trinajstić information content (AvgIpc) is 2.87. The zero-order valence-electron chi connectivity index (χ0n) is 12.5. The van der Waals surface area contributed by atoms with Crippen molar-refractivity contribution >= 4 is 17.2 Å². The van der Waals surface area contributed by atoms with E-state index in [4.69, 9.17) is 0 Å². The molecule has 1 aliphatic heterocycles. The molecular weight excluding hydrogens is 272 g/mol. The van der Waals surface area contributed by atoms with Crippen LogP contribution in [0.5, 0.6) is 0 Å². The van der Waals surface area contributed by atoms with Crippen molar-refractivity contribution in [1.29, 1.82) is 0 Å². The Morgan fingerprint density at radius 1 is 1.29 bits per heavy atom. The first-order chi connectivity index (χ1) is 9.77. The molecule has 1 heterocycles. The third-order valence-electron chi connectivity index (χ3n) is 3.08. The number of nitrogens with zero attached hydrogens (tertiary/aromatic N) is 2. The summed E-state index contributed by atoms with van der Waals surface area (Å²) >= 11 is 0. The third kappa shape index (κ3) is 3.74. The zero-order chi connectivity index (χ0) is 15.6. The third-order valence-corrected chi connectivity index (χ3v) is 3.08. The summed E-state index contributed by atoms with van der Waals surface area (Å²) in [6.07, 6.45) is 0. The molecule has 112 valence electrons. The summed E-state index contributed by atoms with van der Waals surface area (Å²) in [6.45, 7) is 8.84. The van der Waals surface area contributed by atoms with E-state index >= 15 is 0 Å². The Hall–Kier alpha value is -2.04. The molecule has 1 aliphatic rings. The summed E-state index contributed by atoms with van der Waals surface area (Å²) in [5, 5.41) is 3.22. The largest absolute Gasteiger partial charge is 0.383 e. The van der Waals surface area contributed by atoms with Gasteiger partial charge in [-0.1, -0.05) is 30.8 Å². The molecule has 1 aromatic carbocycles. The van der Waals surface area contributed by atoms with Crippen molar-refractivity contribution in [2.24, 2.45) is 9.98 Å². The molecule has 0 bridgehead atoms. The summed E-state index contributed by atoms with van der Waals surface area (Å²) in [6, 6.07) is 7.71. The minimum atomic E-state index is -2.92. The average molecular weight is 291 g/mol. The molecule has 0 saturated heterocycles. The Balaban J connectivity index is 2.14. The van der Waals surface area contributed by atoms with Crippen LogP contribution in [0.25, 0.3) is 5.70 Å². The van der Waals surface area contributed by atoms with Crippen LogP contribution in [0, 0.1) is 0 Å². The molecule has 0 spiro atoms. The number of rotatable bonds is 5. The topological polar surface area (TPSA) is 36.8 Å². The van der Waals surface area contributed by atoms with Crippen LogP contribution in [0.2, 0.25) is 0 Å². The first-order valence-electron chi connectivity index (χ1n) is 6.84. The first-order valence-corrected chi connectivity index (χ1v) is 6.84. The molecule has 21 heavy (non-hydrogen) atoms. The molecule has 0 fully saturated rings. The highest BCUT2D eigenvalue weighted by molar-refractivity contribution is 6.13. The summed E-state index contributed by atoms with van der Waals surface area (Å²) < 4.78 is 26.4. The van der Waals surface area contributed by atoms with Crippen molar-refractivity contribution in [2.75, 3.05) is 6.54 Å². The Bertz CT molecular complexity index is 593. The number of halogens is 2. The number of hydrogen-bond donors (Lipinski definition) is 1. The standard InChI is InChI=1S/C16H19F2N3/c1-10(2)20-11(3)12-5-7-13(8-6-12)15-19-9-14(21-15)16(4,17)18/h5-8,10,20H,3,9H2,1-2,4H3. The van der Waals surface area contributed by atoms with Crippen molar-refractivity contribution in [3.63, 3.8) is 0 Å². The molecule has 3 nitrogen and oxygen atoms in total. The lowest BCUT2D eigenvalue weighted by Gasteiger charge is -2.13. The van der Waals surface area contributed by atoms with Crippen molar-refractivity contribution in [3.8, 4) is 0 Å². The fraction of sp³-hybridized carbons (Fsp3) is 0.375. The van der Waals surface area contributed by atoms with Crippen LogP contribution in [0.3, 0.4) is 0 Å². The van der Waals surface area contributed by atoms with Crippen molar-refractivity contribution in [2.45, 2.75) is 32.7 Å². The van der Waals surface area contributed by atoms with Gasteiger partial charge in [0.25, 0.3) is 5.92 Å². The molecule has 0 saturated carbocycles. The first kappa shape index (κ1) is 15.4. The maximum absolute atomic E-state index is 13.2. The smallest absolute Gasteiger partial charge is 0.285 e. The van der Waals surface area contributed by atoms with E-state index in [1.54, 1.807) is 0 Å². The van der Waals surface area contributed by atoms with E-state index in [9.17, 15) is 8.78 Å². The van der Waals surface area contributed by atoms with Crippen LogP contribution in [0.4, 0.5) is 8.78 Å². The Labute approximate surface area is 123 Å². The highest BCUT2D eigenvalue weighted by Gasteiger charge is 2.32. The van der Waals surface area contributed by atoms with Crippen LogP contribution < -0.4 is 5.32 Å². The Morgan fingerprint density at radius 2 is 1.90 bits per heavy atom. The van der Waals surface area contributed by atoms with Gasteiger partial charge >= 0.3 is 0 Å². The van der Waals surface area contributed by atoms with E-state index in [1.807, 2.05) is 38.1 Å². The van der Waals surface area contributed by atoms with Crippen LogP contribution >= 0.6 is 0 Å². The van der Waals surface area contributed by atoms with E-state index < -0.39 is 5.92 Å². The SMILES string of the molecule is C=C(NC(C)C)c1ccc(C2=NCC(C(C)(F)F)=N2)cc1. The van der Waals surface area contributed by atoms with Gasteiger partial charge < -0.3 is 5.32 Å². The van der Waals surface area contributed by atoms with Gasteiger partial charge in [0.2, 0.25) is 0 Å². The number of benzene rings is 1. The van der Waals surface area contributed by atoms with Gasteiger partial charge in [-0.2, -0.15) is 0 Å². The summed E-state index contributed by atoms with van der Waals surface area (Å²) in [7, 11) is 0. The van der Waals surface area contributed by atoms with E-state index in [2.05, 4.69) is 21.9 Å². The van der Waals surface area contributed by atoms with Crippen LogP contribution in [-0.2, 0) is 0 Å². The van der Waals surface area contributed by atoms with Gasteiger partial charge in [0.15, 0.2) is 5.84 Å². The maximum Gasteiger partial charge on any atom is 0.285 e. The monoisotopic (exact) mass is 291 g/mol. The quantitative estimate of drug-likeness (QED) is 0.885. The Kier molecular flexibility index (Phi) is 4.21. The lowest BCUT2D eigenvalue weighted by atomic mass is 10.1. The Morgan fingerprint density at radius 3 is 2.38 bits per heavy atom. The van der Waals surface area contributed by atoms with Gasteiger partial charge in [-0.3, -0.25) is 4.99 Å². The van der Waals surface area contributed by atoms with Gasteiger partial charge in [-0.05, 0) is 19.4 Å². The molecule has 0 aromatic heterocycles. The molecule has 0 atom stereocenters. The second-order valence-corrected chi connectivity index (χ2v) is 5.44. The lowest BCUT2D eigenvalue weighted by molar-refractivity contribution is 0.0997. The predicted molar refractivity (Wildman–Crippen MR) is 83.2 cm³/mol.